The number of hydrogen-bond acceptors (Lipinski definition) is 2. The van der Waals surface area contributed by atoms with Gasteiger partial charge < -0.3 is 10.5 Å². The quantitative estimate of drug-likeness (QED) is 0.643. The van der Waals surface area contributed by atoms with Crippen molar-refractivity contribution in [1.82, 2.24) is 0 Å². The van der Waals surface area contributed by atoms with Crippen LogP contribution in [0.4, 0.5) is 0 Å². The second-order valence-electron chi connectivity index (χ2n) is 3.16. The van der Waals surface area contributed by atoms with Gasteiger partial charge in [-0.15, -0.1) is 0 Å². The van der Waals surface area contributed by atoms with Crippen LogP contribution in [0.5, 0.6) is 0 Å². The van der Waals surface area contributed by atoms with Crippen LogP contribution >= 0.6 is 0 Å². The van der Waals surface area contributed by atoms with Crippen LogP contribution in [0, 0.1) is 5.92 Å². The van der Waals surface area contributed by atoms with Crippen LogP contribution in [0.25, 0.3) is 0 Å². The lowest BCUT2D eigenvalue weighted by Crippen LogP contribution is -2.32. The molecule has 2 N–H and O–H groups in total. The topological polar surface area (TPSA) is 35.2 Å². The van der Waals surface area contributed by atoms with Gasteiger partial charge >= 0.3 is 0 Å². The third kappa shape index (κ3) is 1.96. The molecule has 0 aromatic carbocycles. The molecule has 0 amide bonds. The standard InChI is InChI=1S/C8H17NO/c1-10-6-8(9)7-4-2-3-5-7/h7-8H,2-6,9H2,1H3/t8-/m1/s1. The lowest BCUT2D eigenvalue weighted by atomic mass is 10.00. The Hall–Kier alpha value is -0.0800. The molecule has 2 nitrogen and oxygen atoms in total. The maximum atomic E-state index is 5.86. The van der Waals surface area contributed by atoms with Crippen LogP contribution < -0.4 is 5.73 Å². The van der Waals surface area contributed by atoms with Crippen LogP contribution in [-0.2, 0) is 4.74 Å². The molecule has 2 heteroatoms. The van der Waals surface area contributed by atoms with E-state index in [0.717, 1.165) is 12.5 Å². The number of methoxy groups -OCH3 is 1. The monoisotopic (exact) mass is 143 g/mol. The minimum Gasteiger partial charge on any atom is -0.383 e. The van der Waals surface area contributed by atoms with Crippen molar-refractivity contribution in [3.63, 3.8) is 0 Å². The zero-order valence-corrected chi connectivity index (χ0v) is 6.68. The van der Waals surface area contributed by atoms with E-state index in [-0.39, 0.29) is 6.04 Å². The summed E-state index contributed by atoms with van der Waals surface area (Å²) in [6.07, 6.45) is 5.35. The minimum atomic E-state index is 0.285. The zero-order chi connectivity index (χ0) is 7.40. The van der Waals surface area contributed by atoms with E-state index in [1.165, 1.54) is 25.7 Å². The first-order chi connectivity index (χ1) is 4.84. The fourth-order valence-corrected chi connectivity index (χ4v) is 1.71. The molecular weight excluding hydrogens is 126 g/mol. The summed E-state index contributed by atoms with van der Waals surface area (Å²) in [4.78, 5) is 0. The molecule has 1 atom stereocenters. The molecule has 0 aliphatic heterocycles. The number of rotatable bonds is 3. The van der Waals surface area contributed by atoms with E-state index in [1.54, 1.807) is 7.11 Å². The lowest BCUT2D eigenvalue weighted by molar-refractivity contribution is 0.158. The lowest BCUT2D eigenvalue weighted by Gasteiger charge is -2.16. The van der Waals surface area contributed by atoms with Gasteiger partial charge in [-0.3, -0.25) is 0 Å². The van der Waals surface area contributed by atoms with Gasteiger partial charge in [0.1, 0.15) is 0 Å². The highest BCUT2D eigenvalue weighted by atomic mass is 16.5. The van der Waals surface area contributed by atoms with Crippen molar-refractivity contribution in [2.75, 3.05) is 13.7 Å². The highest BCUT2D eigenvalue weighted by molar-refractivity contribution is 4.77. The molecule has 1 aliphatic rings. The molecule has 0 bridgehead atoms. The van der Waals surface area contributed by atoms with Gasteiger partial charge in [0.25, 0.3) is 0 Å². The highest BCUT2D eigenvalue weighted by Gasteiger charge is 2.21. The third-order valence-electron chi connectivity index (χ3n) is 2.36. The van der Waals surface area contributed by atoms with Crippen molar-refractivity contribution in [2.45, 2.75) is 31.7 Å². The van der Waals surface area contributed by atoms with Crippen molar-refractivity contribution >= 4 is 0 Å². The fourth-order valence-electron chi connectivity index (χ4n) is 1.71. The first-order valence-electron chi connectivity index (χ1n) is 4.09. The predicted octanol–water partition coefficient (Wildman–Crippen LogP) is 1.15. The molecule has 1 rings (SSSR count). The maximum Gasteiger partial charge on any atom is 0.0616 e. The second-order valence-corrected chi connectivity index (χ2v) is 3.16. The Morgan fingerprint density at radius 2 is 2.10 bits per heavy atom. The van der Waals surface area contributed by atoms with Crippen LogP contribution in [0.3, 0.4) is 0 Å². The molecule has 0 unspecified atom stereocenters. The van der Waals surface area contributed by atoms with Crippen LogP contribution in [0.1, 0.15) is 25.7 Å². The van der Waals surface area contributed by atoms with Gasteiger partial charge in [-0.2, -0.15) is 0 Å². The fraction of sp³-hybridized carbons (Fsp3) is 1.00. The number of ether oxygens (including phenoxy) is 1. The van der Waals surface area contributed by atoms with Crippen LogP contribution in [-0.4, -0.2) is 19.8 Å². The van der Waals surface area contributed by atoms with Crippen molar-refractivity contribution in [3.05, 3.63) is 0 Å². The summed E-state index contributed by atoms with van der Waals surface area (Å²) in [6, 6.07) is 0.285. The van der Waals surface area contributed by atoms with Gasteiger partial charge in [-0.1, -0.05) is 12.8 Å². The maximum absolute atomic E-state index is 5.86. The molecule has 0 aromatic heterocycles. The van der Waals surface area contributed by atoms with E-state index < -0.39 is 0 Å². The molecule has 0 aromatic rings. The summed E-state index contributed by atoms with van der Waals surface area (Å²) < 4.78 is 4.99. The van der Waals surface area contributed by atoms with Gasteiger partial charge in [0.2, 0.25) is 0 Å². The Balaban J connectivity index is 2.18. The Bertz CT molecular complexity index is 89.3. The van der Waals surface area contributed by atoms with Gasteiger partial charge in [0.05, 0.1) is 6.61 Å². The van der Waals surface area contributed by atoms with E-state index in [4.69, 9.17) is 10.5 Å². The van der Waals surface area contributed by atoms with Crippen molar-refractivity contribution < 1.29 is 4.74 Å². The van der Waals surface area contributed by atoms with Crippen molar-refractivity contribution in [1.29, 1.82) is 0 Å². The highest BCUT2D eigenvalue weighted by Crippen LogP contribution is 2.26. The summed E-state index contributed by atoms with van der Waals surface area (Å²) in [5, 5.41) is 0. The summed E-state index contributed by atoms with van der Waals surface area (Å²) in [5.41, 5.74) is 5.86. The zero-order valence-electron chi connectivity index (χ0n) is 6.68. The molecule has 10 heavy (non-hydrogen) atoms. The Labute approximate surface area is 62.7 Å². The second kappa shape index (κ2) is 3.94. The summed E-state index contributed by atoms with van der Waals surface area (Å²) in [7, 11) is 1.72. The van der Waals surface area contributed by atoms with Crippen molar-refractivity contribution in [2.24, 2.45) is 11.7 Å². The van der Waals surface area contributed by atoms with E-state index in [1.807, 2.05) is 0 Å². The predicted molar refractivity (Wildman–Crippen MR) is 41.8 cm³/mol. The SMILES string of the molecule is COC[C@@H](N)C1CCCC1. The molecule has 0 spiro atoms. The first kappa shape index (κ1) is 8.02. The van der Waals surface area contributed by atoms with Crippen LogP contribution in [0.15, 0.2) is 0 Å². The molecule has 0 saturated heterocycles. The van der Waals surface area contributed by atoms with Gasteiger partial charge in [0.15, 0.2) is 0 Å². The first-order valence-corrected chi connectivity index (χ1v) is 4.09. The van der Waals surface area contributed by atoms with E-state index in [9.17, 15) is 0 Å². The summed E-state index contributed by atoms with van der Waals surface area (Å²) in [5.74, 6) is 0.736. The molecule has 60 valence electrons. The molecule has 1 saturated carbocycles. The summed E-state index contributed by atoms with van der Waals surface area (Å²) in [6.45, 7) is 0.727. The molecule has 0 radical (unpaired) electrons. The smallest absolute Gasteiger partial charge is 0.0616 e. The minimum absolute atomic E-state index is 0.285. The average Bonchev–Trinajstić information content (AvgIpc) is 2.38. The van der Waals surface area contributed by atoms with E-state index >= 15 is 0 Å². The van der Waals surface area contributed by atoms with E-state index in [2.05, 4.69) is 0 Å². The molecule has 1 fully saturated rings. The third-order valence-corrected chi connectivity index (χ3v) is 2.36. The summed E-state index contributed by atoms with van der Waals surface area (Å²) >= 11 is 0. The normalized spacial score (nSPS) is 23.4. The van der Waals surface area contributed by atoms with Gasteiger partial charge in [0, 0.05) is 13.2 Å². The number of nitrogens with two attached hydrogens (primary N) is 1. The Morgan fingerprint density at radius 3 is 2.60 bits per heavy atom. The Kier molecular flexibility index (Phi) is 3.16. The molecule has 1 aliphatic carbocycles. The van der Waals surface area contributed by atoms with Gasteiger partial charge in [-0.25, -0.2) is 0 Å². The Morgan fingerprint density at radius 1 is 1.50 bits per heavy atom. The van der Waals surface area contributed by atoms with Crippen molar-refractivity contribution in [3.8, 4) is 0 Å². The van der Waals surface area contributed by atoms with Gasteiger partial charge in [-0.05, 0) is 18.8 Å². The average molecular weight is 143 g/mol. The van der Waals surface area contributed by atoms with E-state index in [0.29, 0.717) is 0 Å². The molecular formula is C8H17NO. The molecule has 0 heterocycles. The van der Waals surface area contributed by atoms with Crippen LogP contribution in [0.2, 0.25) is 0 Å². The largest absolute Gasteiger partial charge is 0.383 e. The number of hydrogen-bond donors (Lipinski definition) is 1.